The van der Waals surface area contributed by atoms with E-state index in [0.717, 1.165) is 0 Å². The SMILES string of the molecule is O=NSC[C@H](O)[C@@H](O)CSN=O. The van der Waals surface area contributed by atoms with Gasteiger partial charge in [0.1, 0.15) is 0 Å². The number of nitroso groups, excluding NO2 is 2. The topological polar surface area (TPSA) is 99.3 Å². The standard InChI is InChI=1S/C4H8N2O4S2/c7-3(1-11-5-9)4(8)2-12-6-10/h3-4,7-8H,1-2H2/t3-,4-/m0/s1. The molecule has 0 aliphatic rings. The van der Waals surface area contributed by atoms with Crippen molar-refractivity contribution in [3.05, 3.63) is 9.81 Å². The van der Waals surface area contributed by atoms with Crippen molar-refractivity contribution in [2.45, 2.75) is 12.2 Å². The average molecular weight is 212 g/mol. The number of aliphatic hydroxyl groups excluding tert-OH is 2. The Hall–Kier alpha value is -0.180. The van der Waals surface area contributed by atoms with E-state index in [1.165, 1.54) is 0 Å². The predicted octanol–water partition coefficient (Wildman–Crippen LogP) is 0.537. The first kappa shape index (κ1) is 11.8. The van der Waals surface area contributed by atoms with E-state index in [9.17, 15) is 9.81 Å². The molecule has 0 fully saturated rings. The van der Waals surface area contributed by atoms with Crippen LogP contribution in [0.4, 0.5) is 0 Å². The van der Waals surface area contributed by atoms with Crippen molar-refractivity contribution >= 4 is 23.9 Å². The highest BCUT2D eigenvalue weighted by molar-refractivity contribution is 7.98. The van der Waals surface area contributed by atoms with Crippen LogP contribution in [0.1, 0.15) is 0 Å². The summed E-state index contributed by atoms with van der Waals surface area (Å²) in [5.74, 6) is 0.0359. The van der Waals surface area contributed by atoms with Gasteiger partial charge in [0.05, 0.1) is 12.2 Å². The molecule has 12 heavy (non-hydrogen) atoms. The summed E-state index contributed by atoms with van der Waals surface area (Å²) in [5, 5.41) is 18.1. The minimum atomic E-state index is -1.05. The second kappa shape index (κ2) is 7.47. The van der Waals surface area contributed by atoms with Crippen LogP contribution in [-0.4, -0.2) is 33.9 Å². The molecule has 0 aromatic carbocycles. The van der Waals surface area contributed by atoms with Gasteiger partial charge in [-0.1, -0.05) is 0 Å². The third kappa shape index (κ3) is 5.47. The van der Waals surface area contributed by atoms with E-state index < -0.39 is 12.2 Å². The smallest absolute Gasteiger partial charge is 0.0917 e. The van der Waals surface area contributed by atoms with E-state index in [2.05, 4.69) is 9.16 Å². The maximum absolute atomic E-state index is 9.59. The number of nitrogens with zero attached hydrogens (tertiary/aromatic N) is 2. The molecule has 0 aromatic rings. The monoisotopic (exact) mass is 212 g/mol. The van der Waals surface area contributed by atoms with Crippen LogP contribution >= 0.6 is 23.9 Å². The average Bonchev–Trinajstić information content (AvgIpc) is 2.10. The minimum Gasteiger partial charge on any atom is -0.389 e. The first-order valence-electron chi connectivity index (χ1n) is 2.97. The van der Waals surface area contributed by atoms with E-state index in [1.807, 2.05) is 0 Å². The van der Waals surface area contributed by atoms with Crippen LogP contribution in [0.15, 0.2) is 9.16 Å². The quantitative estimate of drug-likeness (QED) is 0.472. The summed E-state index contributed by atoms with van der Waals surface area (Å²) in [6.07, 6.45) is -2.11. The maximum atomic E-state index is 9.59. The van der Waals surface area contributed by atoms with E-state index in [0.29, 0.717) is 23.9 Å². The minimum absolute atomic E-state index is 0.0179. The van der Waals surface area contributed by atoms with Crippen LogP contribution < -0.4 is 0 Å². The van der Waals surface area contributed by atoms with E-state index >= 15 is 0 Å². The van der Waals surface area contributed by atoms with Gasteiger partial charge < -0.3 is 10.2 Å². The zero-order valence-corrected chi connectivity index (χ0v) is 7.62. The Bertz CT molecular complexity index is 131. The Morgan fingerprint density at radius 2 is 1.33 bits per heavy atom. The first-order valence-corrected chi connectivity index (χ1v) is 4.86. The zero-order valence-electron chi connectivity index (χ0n) is 5.99. The van der Waals surface area contributed by atoms with Gasteiger partial charge >= 0.3 is 0 Å². The maximum Gasteiger partial charge on any atom is 0.0917 e. The second-order valence-corrected chi connectivity index (χ2v) is 3.36. The molecule has 0 rings (SSSR count). The van der Waals surface area contributed by atoms with Crippen molar-refractivity contribution in [3.63, 3.8) is 0 Å². The van der Waals surface area contributed by atoms with Crippen LogP contribution in [-0.2, 0) is 0 Å². The Labute approximate surface area is 77.3 Å². The Kier molecular flexibility index (Phi) is 7.36. The van der Waals surface area contributed by atoms with Gasteiger partial charge in [0.2, 0.25) is 0 Å². The van der Waals surface area contributed by atoms with Gasteiger partial charge in [-0.25, -0.2) is 0 Å². The molecule has 0 amide bonds. The molecule has 0 spiro atoms. The van der Waals surface area contributed by atoms with E-state index in [-0.39, 0.29) is 11.5 Å². The van der Waals surface area contributed by atoms with Crippen LogP contribution in [0.25, 0.3) is 0 Å². The molecule has 0 heterocycles. The Morgan fingerprint density at radius 3 is 1.58 bits per heavy atom. The number of aliphatic hydroxyl groups is 2. The third-order valence-electron chi connectivity index (χ3n) is 1.04. The molecular weight excluding hydrogens is 204 g/mol. The molecule has 0 saturated heterocycles. The van der Waals surface area contributed by atoms with Gasteiger partial charge in [-0.15, -0.1) is 9.81 Å². The van der Waals surface area contributed by atoms with Crippen molar-refractivity contribution in [2.75, 3.05) is 11.5 Å². The van der Waals surface area contributed by atoms with Gasteiger partial charge in [0, 0.05) is 44.6 Å². The highest BCUT2D eigenvalue weighted by Gasteiger charge is 2.16. The summed E-state index contributed by atoms with van der Waals surface area (Å²) >= 11 is 1.24. The number of rotatable bonds is 7. The molecule has 6 nitrogen and oxygen atoms in total. The van der Waals surface area contributed by atoms with Crippen LogP contribution in [0.5, 0.6) is 0 Å². The lowest BCUT2D eigenvalue weighted by molar-refractivity contribution is 0.0500. The molecule has 0 aliphatic heterocycles. The molecular formula is C4H8N2O4S2. The van der Waals surface area contributed by atoms with Gasteiger partial charge in [-0.3, -0.25) is 0 Å². The molecule has 0 saturated carbocycles. The fraction of sp³-hybridized carbons (Fsp3) is 1.00. The normalized spacial score (nSPS) is 15.2. The predicted molar refractivity (Wildman–Crippen MR) is 48.5 cm³/mol. The summed E-state index contributed by atoms with van der Waals surface area (Å²) in [6.45, 7) is 0. The lowest BCUT2D eigenvalue weighted by Gasteiger charge is -2.13. The van der Waals surface area contributed by atoms with Crippen LogP contribution in [0.2, 0.25) is 0 Å². The van der Waals surface area contributed by atoms with Crippen molar-refractivity contribution in [1.29, 1.82) is 0 Å². The number of hydrogen-bond acceptors (Lipinski definition) is 8. The van der Waals surface area contributed by atoms with Gasteiger partial charge in [-0.2, -0.15) is 0 Å². The molecule has 0 aromatic heterocycles. The molecule has 2 N–H and O–H groups in total. The molecule has 0 unspecified atom stereocenters. The highest BCUT2D eigenvalue weighted by atomic mass is 32.2. The fourth-order valence-electron chi connectivity index (χ4n) is 0.436. The lowest BCUT2D eigenvalue weighted by Crippen LogP contribution is -2.29. The van der Waals surface area contributed by atoms with Gasteiger partial charge in [0.15, 0.2) is 0 Å². The fourth-order valence-corrected chi connectivity index (χ4v) is 1.31. The number of hydrogen-bond donors (Lipinski definition) is 2. The molecule has 2 atom stereocenters. The highest BCUT2D eigenvalue weighted by Crippen LogP contribution is 2.11. The summed E-state index contributed by atoms with van der Waals surface area (Å²) < 4.78 is 4.88. The third-order valence-corrected chi connectivity index (χ3v) is 2.23. The summed E-state index contributed by atoms with van der Waals surface area (Å²) in [7, 11) is 0. The first-order chi connectivity index (χ1) is 5.72. The van der Waals surface area contributed by atoms with E-state index in [1.54, 1.807) is 0 Å². The zero-order chi connectivity index (χ0) is 9.40. The van der Waals surface area contributed by atoms with Gasteiger partial charge in [0.25, 0.3) is 0 Å². The molecule has 0 bridgehead atoms. The molecule has 0 radical (unpaired) electrons. The van der Waals surface area contributed by atoms with Crippen LogP contribution in [0, 0.1) is 9.81 Å². The van der Waals surface area contributed by atoms with Crippen molar-refractivity contribution in [2.24, 2.45) is 9.16 Å². The Morgan fingerprint density at radius 1 is 1.00 bits per heavy atom. The molecule has 8 heteroatoms. The molecule has 0 aliphatic carbocycles. The lowest BCUT2D eigenvalue weighted by atomic mass is 10.3. The summed E-state index contributed by atoms with van der Waals surface area (Å²) in [6, 6.07) is 0. The van der Waals surface area contributed by atoms with Crippen LogP contribution in [0.3, 0.4) is 0 Å². The Balaban J connectivity index is 3.52. The van der Waals surface area contributed by atoms with E-state index in [4.69, 9.17) is 10.2 Å². The molecule has 70 valence electrons. The van der Waals surface area contributed by atoms with Crippen molar-refractivity contribution in [1.82, 2.24) is 0 Å². The van der Waals surface area contributed by atoms with Crippen molar-refractivity contribution < 1.29 is 10.2 Å². The largest absolute Gasteiger partial charge is 0.389 e. The second-order valence-electron chi connectivity index (χ2n) is 1.88. The van der Waals surface area contributed by atoms with Crippen molar-refractivity contribution in [3.8, 4) is 0 Å². The van der Waals surface area contributed by atoms with Gasteiger partial charge in [-0.05, 0) is 0 Å². The summed E-state index contributed by atoms with van der Waals surface area (Å²) in [4.78, 5) is 19.2. The summed E-state index contributed by atoms with van der Waals surface area (Å²) in [5.41, 5.74) is 0.